The summed E-state index contributed by atoms with van der Waals surface area (Å²) in [6.07, 6.45) is -4.58. The summed E-state index contributed by atoms with van der Waals surface area (Å²) in [4.78, 5) is 14.3. The van der Waals surface area contributed by atoms with Crippen LogP contribution in [0, 0.1) is 0 Å². The van der Waals surface area contributed by atoms with E-state index in [9.17, 15) is 23.1 Å². The number of phenols is 1. The maximum atomic E-state index is 13.0. The van der Waals surface area contributed by atoms with Crippen LogP contribution in [-0.2, 0) is 17.5 Å². The molecular formula is C19H20F3N3O3. The largest absolute Gasteiger partial charge is 0.508 e. The second kappa shape index (κ2) is 8.49. The zero-order valence-electron chi connectivity index (χ0n) is 14.9. The Hall–Kier alpha value is -2.78. The van der Waals surface area contributed by atoms with Crippen LogP contribution >= 0.6 is 0 Å². The molecule has 3 N–H and O–H groups in total. The summed E-state index contributed by atoms with van der Waals surface area (Å²) in [5, 5.41) is 14.8. The number of amides is 2. The van der Waals surface area contributed by atoms with Gasteiger partial charge in [-0.1, -0.05) is 12.1 Å². The molecule has 3 rings (SSSR count). The number of nitrogens with zero attached hydrogens (tertiary/aromatic N) is 1. The Morgan fingerprint density at radius 1 is 1.11 bits per heavy atom. The predicted molar refractivity (Wildman–Crippen MR) is 98.3 cm³/mol. The number of carbonyl (C=O) groups excluding carboxylic acids is 1. The van der Waals surface area contributed by atoms with Crippen LogP contribution in [0.15, 0.2) is 42.5 Å². The van der Waals surface area contributed by atoms with Gasteiger partial charge in [-0.15, -0.1) is 0 Å². The second-order valence-electron chi connectivity index (χ2n) is 6.35. The van der Waals surface area contributed by atoms with Gasteiger partial charge in [0, 0.05) is 30.9 Å². The number of phenolic OH excluding ortho intramolecular Hbond substituents is 1. The molecule has 6 nitrogen and oxygen atoms in total. The molecule has 0 atom stereocenters. The van der Waals surface area contributed by atoms with Crippen LogP contribution in [0.4, 0.5) is 29.3 Å². The molecule has 2 aromatic rings. The summed E-state index contributed by atoms with van der Waals surface area (Å²) in [6, 6.07) is 8.46. The predicted octanol–water partition coefficient (Wildman–Crippen LogP) is 3.89. The van der Waals surface area contributed by atoms with Gasteiger partial charge in [-0.2, -0.15) is 13.2 Å². The molecule has 0 bridgehead atoms. The lowest BCUT2D eigenvalue weighted by Gasteiger charge is -2.27. The Morgan fingerprint density at radius 2 is 1.82 bits per heavy atom. The van der Waals surface area contributed by atoms with Crippen molar-refractivity contribution in [1.82, 2.24) is 4.90 Å². The molecule has 1 aliphatic heterocycles. The van der Waals surface area contributed by atoms with E-state index in [-0.39, 0.29) is 11.4 Å². The third kappa shape index (κ3) is 5.14. The van der Waals surface area contributed by atoms with Gasteiger partial charge < -0.3 is 20.5 Å². The Bertz CT molecular complexity index is 837. The number of anilines is 2. The molecule has 9 heteroatoms. The van der Waals surface area contributed by atoms with Crippen molar-refractivity contribution < 1.29 is 27.8 Å². The molecular weight excluding hydrogens is 375 g/mol. The Morgan fingerprint density at radius 3 is 2.54 bits per heavy atom. The maximum absolute atomic E-state index is 13.0. The van der Waals surface area contributed by atoms with Crippen molar-refractivity contribution in [3.8, 4) is 5.75 Å². The topological polar surface area (TPSA) is 73.8 Å². The third-order valence-electron chi connectivity index (χ3n) is 4.32. The van der Waals surface area contributed by atoms with Gasteiger partial charge in [-0.25, -0.2) is 4.79 Å². The van der Waals surface area contributed by atoms with Crippen LogP contribution in [0.1, 0.15) is 11.1 Å². The van der Waals surface area contributed by atoms with Crippen molar-refractivity contribution >= 4 is 17.4 Å². The molecule has 0 aromatic heterocycles. The summed E-state index contributed by atoms with van der Waals surface area (Å²) < 4.78 is 44.4. The molecule has 1 aliphatic rings. The fourth-order valence-corrected chi connectivity index (χ4v) is 2.91. The second-order valence-corrected chi connectivity index (χ2v) is 6.35. The van der Waals surface area contributed by atoms with Crippen LogP contribution in [0.5, 0.6) is 5.75 Å². The fraction of sp³-hybridized carbons (Fsp3) is 0.316. The Kier molecular flexibility index (Phi) is 6.05. The first-order valence-electron chi connectivity index (χ1n) is 8.69. The van der Waals surface area contributed by atoms with Gasteiger partial charge in [-0.05, 0) is 30.3 Å². The Labute approximate surface area is 159 Å². The molecule has 1 saturated heterocycles. The van der Waals surface area contributed by atoms with E-state index in [1.807, 2.05) is 0 Å². The summed E-state index contributed by atoms with van der Waals surface area (Å²) in [5.41, 5.74) is -0.290. The van der Waals surface area contributed by atoms with E-state index >= 15 is 0 Å². The highest BCUT2D eigenvalue weighted by atomic mass is 19.4. The molecule has 0 saturated carbocycles. The SMILES string of the molecule is O=C(Nc1ccc(O)c(CN2CCOCC2)c1)Nc1ccccc1C(F)(F)F. The van der Waals surface area contributed by atoms with Crippen molar-refractivity contribution in [3.63, 3.8) is 0 Å². The van der Waals surface area contributed by atoms with Crippen molar-refractivity contribution in [2.45, 2.75) is 12.7 Å². The lowest BCUT2D eigenvalue weighted by atomic mass is 10.1. The third-order valence-corrected chi connectivity index (χ3v) is 4.32. The summed E-state index contributed by atoms with van der Waals surface area (Å²) in [6.45, 7) is 3.15. The molecule has 1 heterocycles. The highest BCUT2D eigenvalue weighted by molar-refractivity contribution is 6.00. The molecule has 28 heavy (non-hydrogen) atoms. The zero-order chi connectivity index (χ0) is 20.1. The molecule has 1 fully saturated rings. The number of carbonyl (C=O) groups is 1. The molecule has 0 unspecified atom stereocenters. The molecule has 2 aromatic carbocycles. The van der Waals surface area contributed by atoms with E-state index in [1.165, 1.54) is 30.3 Å². The number of hydrogen-bond donors (Lipinski definition) is 3. The normalized spacial score (nSPS) is 15.2. The van der Waals surface area contributed by atoms with Gasteiger partial charge in [0.05, 0.1) is 24.5 Å². The van der Waals surface area contributed by atoms with Gasteiger partial charge in [0.2, 0.25) is 0 Å². The number of halogens is 3. The van der Waals surface area contributed by atoms with Crippen LogP contribution in [-0.4, -0.2) is 42.3 Å². The van der Waals surface area contributed by atoms with E-state index in [1.54, 1.807) is 6.07 Å². The molecule has 2 amide bonds. The minimum Gasteiger partial charge on any atom is -0.508 e. The minimum atomic E-state index is -4.58. The van der Waals surface area contributed by atoms with Crippen molar-refractivity contribution in [1.29, 1.82) is 0 Å². The number of para-hydroxylation sites is 1. The van der Waals surface area contributed by atoms with Crippen molar-refractivity contribution in [2.75, 3.05) is 36.9 Å². The molecule has 0 radical (unpaired) electrons. The number of ether oxygens (including phenoxy) is 1. The number of benzene rings is 2. The highest BCUT2D eigenvalue weighted by Crippen LogP contribution is 2.34. The van der Waals surface area contributed by atoms with E-state index in [0.29, 0.717) is 31.0 Å². The van der Waals surface area contributed by atoms with Gasteiger partial charge in [0.25, 0.3) is 0 Å². The molecule has 0 aliphatic carbocycles. The number of rotatable bonds is 4. The monoisotopic (exact) mass is 395 g/mol. The number of nitrogens with one attached hydrogen (secondary N) is 2. The van der Waals surface area contributed by atoms with E-state index in [4.69, 9.17) is 4.74 Å². The first-order valence-corrected chi connectivity index (χ1v) is 8.69. The molecule has 150 valence electrons. The van der Waals surface area contributed by atoms with Crippen LogP contribution in [0.3, 0.4) is 0 Å². The van der Waals surface area contributed by atoms with Crippen LogP contribution in [0.2, 0.25) is 0 Å². The number of morpholine rings is 1. The summed E-state index contributed by atoms with van der Waals surface area (Å²) >= 11 is 0. The summed E-state index contributed by atoms with van der Waals surface area (Å²) in [5.74, 6) is 0.0832. The lowest BCUT2D eigenvalue weighted by molar-refractivity contribution is -0.136. The first kappa shape index (κ1) is 20.0. The average Bonchev–Trinajstić information content (AvgIpc) is 2.65. The van der Waals surface area contributed by atoms with E-state index in [0.717, 1.165) is 19.2 Å². The quantitative estimate of drug-likeness (QED) is 0.687. The van der Waals surface area contributed by atoms with E-state index < -0.39 is 17.8 Å². The van der Waals surface area contributed by atoms with Crippen molar-refractivity contribution in [2.24, 2.45) is 0 Å². The average molecular weight is 395 g/mol. The van der Waals surface area contributed by atoms with E-state index in [2.05, 4.69) is 15.5 Å². The fourth-order valence-electron chi connectivity index (χ4n) is 2.91. The van der Waals surface area contributed by atoms with Gasteiger partial charge in [0.15, 0.2) is 0 Å². The number of urea groups is 1. The number of hydrogen-bond acceptors (Lipinski definition) is 4. The van der Waals surface area contributed by atoms with Gasteiger partial charge >= 0.3 is 12.2 Å². The Balaban J connectivity index is 1.68. The van der Waals surface area contributed by atoms with Gasteiger partial charge in [-0.3, -0.25) is 4.90 Å². The highest BCUT2D eigenvalue weighted by Gasteiger charge is 2.33. The number of aromatic hydroxyl groups is 1. The van der Waals surface area contributed by atoms with Gasteiger partial charge in [0.1, 0.15) is 5.75 Å². The smallest absolute Gasteiger partial charge is 0.418 e. The standard InChI is InChI=1S/C19H20F3N3O3/c20-19(21,22)15-3-1-2-4-16(15)24-18(27)23-14-5-6-17(26)13(11-14)12-25-7-9-28-10-8-25/h1-6,11,26H,7-10,12H2,(H2,23,24,27). The summed E-state index contributed by atoms with van der Waals surface area (Å²) in [7, 11) is 0. The van der Waals surface area contributed by atoms with Crippen LogP contribution in [0.25, 0.3) is 0 Å². The van der Waals surface area contributed by atoms with Crippen molar-refractivity contribution in [3.05, 3.63) is 53.6 Å². The van der Waals surface area contributed by atoms with Crippen LogP contribution < -0.4 is 10.6 Å². The number of alkyl halides is 3. The maximum Gasteiger partial charge on any atom is 0.418 e. The molecule has 0 spiro atoms. The zero-order valence-corrected chi connectivity index (χ0v) is 14.9. The minimum absolute atomic E-state index is 0.0832. The lowest BCUT2D eigenvalue weighted by Crippen LogP contribution is -2.35. The first-order chi connectivity index (χ1) is 13.3.